The van der Waals surface area contributed by atoms with Crippen molar-refractivity contribution >= 4 is 6.08 Å². The van der Waals surface area contributed by atoms with E-state index in [1.54, 1.807) is 14.0 Å². The molecule has 0 aliphatic carbocycles. The zero-order chi connectivity index (χ0) is 12.1. The molecule has 0 heterocycles. The zero-order valence-electron chi connectivity index (χ0n) is 10.0. The molecule has 0 aliphatic rings. The fraction of sp³-hybridized carbons (Fsp3) is 0.385. The SMILES string of the molecule is CCc1c(/C=C/CN)cc(F)c(C)c1OC. The maximum Gasteiger partial charge on any atom is 0.130 e. The van der Waals surface area contributed by atoms with Crippen molar-refractivity contribution in [2.24, 2.45) is 5.73 Å². The smallest absolute Gasteiger partial charge is 0.130 e. The molecule has 0 radical (unpaired) electrons. The van der Waals surface area contributed by atoms with E-state index in [0.717, 1.165) is 17.5 Å². The predicted octanol–water partition coefficient (Wildman–Crippen LogP) is 2.68. The van der Waals surface area contributed by atoms with E-state index in [0.29, 0.717) is 17.9 Å². The first-order chi connectivity index (χ1) is 7.65. The monoisotopic (exact) mass is 223 g/mol. The van der Waals surface area contributed by atoms with Crippen LogP contribution in [0.25, 0.3) is 6.08 Å². The summed E-state index contributed by atoms with van der Waals surface area (Å²) in [4.78, 5) is 0. The molecule has 0 saturated heterocycles. The second-order valence-electron chi connectivity index (χ2n) is 3.58. The minimum atomic E-state index is -0.245. The van der Waals surface area contributed by atoms with Gasteiger partial charge in [0.25, 0.3) is 0 Å². The molecule has 2 N–H and O–H groups in total. The normalized spacial score (nSPS) is 11.1. The molecule has 1 aromatic rings. The van der Waals surface area contributed by atoms with E-state index in [4.69, 9.17) is 10.5 Å². The molecule has 1 aromatic carbocycles. The number of benzene rings is 1. The van der Waals surface area contributed by atoms with E-state index in [9.17, 15) is 4.39 Å². The predicted molar refractivity (Wildman–Crippen MR) is 65.2 cm³/mol. The van der Waals surface area contributed by atoms with E-state index in [1.165, 1.54) is 6.07 Å². The Hall–Kier alpha value is -1.35. The summed E-state index contributed by atoms with van der Waals surface area (Å²) in [5.74, 6) is 0.393. The first kappa shape index (κ1) is 12.7. The number of ether oxygens (including phenoxy) is 1. The van der Waals surface area contributed by atoms with Gasteiger partial charge in [0, 0.05) is 17.7 Å². The zero-order valence-corrected chi connectivity index (χ0v) is 10.0. The first-order valence-electron chi connectivity index (χ1n) is 5.38. The molecule has 3 heteroatoms. The van der Waals surface area contributed by atoms with Crippen LogP contribution in [0.5, 0.6) is 5.75 Å². The van der Waals surface area contributed by atoms with Gasteiger partial charge >= 0.3 is 0 Å². The van der Waals surface area contributed by atoms with Gasteiger partial charge in [0.05, 0.1) is 7.11 Å². The van der Waals surface area contributed by atoms with Crippen LogP contribution in [0.3, 0.4) is 0 Å². The van der Waals surface area contributed by atoms with Gasteiger partial charge in [0.2, 0.25) is 0 Å². The van der Waals surface area contributed by atoms with E-state index in [-0.39, 0.29) is 5.82 Å². The molecule has 16 heavy (non-hydrogen) atoms. The molecular weight excluding hydrogens is 205 g/mol. The van der Waals surface area contributed by atoms with Crippen molar-refractivity contribution in [3.05, 3.63) is 34.6 Å². The fourth-order valence-electron chi connectivity index (χ4n) is 1.78. The van der Waals surface area contributed by atoms with Crippen molar-refractivity contribution in [2.75, 3.05) is 13.7 Å². The Labute approximate surface area is 95.9 Å². The van der Waals surface area contributed by atoms with Crippen molar-refractivity contribution in [3.63, 3.8) is 0 Å². The molecule has 0 bridgehead atoms. The highest BCUT2D eigenvalue weighted by Gasteiger charge is 2.13. The number of halogens is 1. The number of methoxy groups -OCH3 is 1. The van der Waals surface area contributed by atoms with Gasteiger partial charge in [-0.2, -0.15) is 0 Å². The van der Waals surface area contributed by atoms with Gasteiger partial charge in [-0.3, -0.25) is 0 Å². The van der Waals surface area contributed by atoms with Crippen LogP contribution in [0.2, 0.25) is 0 Å². The van der Waals surface area contributed by atoms with Gasteiger partial charge in [-0.25, -0.2) is 4.39 Å². The molecule has 88 valence electrons. The molecule has 0 saturated carbocycles. The third-order valence-electron chi connectivity index (χ3n) is 2.59. The average Bonchev–Trinajstić information content (AvgIpc) is 2.29. The lowest BCUT2D eigenvalue weighted by Gasteiger charge is -2.14. The van der Waals surface area contributed by atoms with Crippen LogP contribution in [0.4, 0.5) is 4.39 Å². The highest BCUT2D eigenvalue weighted by Crippen LogP contribution is 2.30. The van der Waals surface area contributed by atoms with Gasteiger partial charge < -0.3 is 10.5 Å². The molecule has 1 rings (SSSR count). The van der Waals surface area contributed by atoms with Crippen LogP contribution in [0.1, 0.15) is 23.6 Å². The van der Waals surface area contributed by atoms with Crippen LogP contribution < -0.4 is 10.5 Å². The van der Waals surface area contributed by atoms with E-state index >= 15 is 0 Å². The highest BCUT2D eigenvalue weighted by molar-refractivity contribution is 5.60. The molecule has 0 fully saturated rings. The number of rotatable bonds is 4. The Bertz CT molecular complexity index is 399. The maximum absolute atomic E-state index is 13.6. The third-order valence-corrected chi connectivity index (χ3v) is 2.59. The minimum Gasteiger partial charge on any atom is -0.496 e. The van der Waals surface area contributed by atoms with Crippen molar-refractivity contribution in [3.8, 4) is 5.75 Å². The lowest BCUT2D eigenvalue weighted by Crippen LogP contribution is -2.00. The second kappa shape index (κ2) is 5.66. The van der Waals surface area contributed by atoms with Gasteiger partial charge in [0.15, 0.2) is 0 Å². The number of nitrogens with two attached hydrogens (primary N) is 1. The summed E-state index contributed by atoms with van der Waals surface area (Å²) < 4.78 is 18.9. The Morgan fingerprint density at radius 2 is 2.19 bits per heavy atom. The standard InChI is InChI=1S/C13H18FNO/c1-4-11-10(6-5-7-15)8-12(14)9(2)13(11)16-3/h5-6,8H,4,7,15H2,1-3H3/b6-5+. The molecule has 0 spiro atoms. The molecule has 0 atom stereocenters. The van der Waals surface area contributed by atoms with Crippen molar-refractivity contribution in [1.82, 2.24) is 0 Å². The number of hydrogen-bond acceptors (Lipinski definition) is 2. The molecular formula is C13H18FNO. The third kappa shape index (κ3) is 2.42. The summed E-state index contributed by atoms with van der Waals surface area (Å²) in [5.41, 5.74) is 7.81. The Balaban J connectivity index is 3.37. The summed E-state index contributed by atoms with van der Waals surface area (Å²) in [5, 5.41) is 0. The summed E-state index contributed by atoms with van der Waals surface area (Å²) >= 11 is 0. The van der Waals surface area contributed by atoms with Gasteiger partial charge in [-0.05, 0) is 25.0 Å². The van der Waals surface area contributed by atoms with Gasteiger partial charge in [0.1, 0.15) is 11.6 Å². The first-order valence-corrected chi connectivity index (χ1v) is 5.38. The van der Waals surface area contributed by atoms with Crippen LogP contribution in [-0.2, 0) is 6.42 Å². The van der Waals surface area contributed by atoms with Crippen LogP contribution in [0, 0.1) is 12.7 Å². The molecule has 0 unspecified atom stereocenters. The Kier molecular flexibility index (Phi) is 4.50. The lowest BCUT2D eigenvalue weighted by molar-refractivity contribution is 0.402. The van der Waals surface area contributed by atoms with Crippen molar-refractivity contribution in [1.29, 1.82) is 0 Å². The highest BCUT2D eigenvalue weighted by atomic mass is 19.1. The fourth-order valence-corrected chi connectivity index (χ4v) is 1.78. The van der Waals surface area contributed by atoms with Crippen LogP contribution >= 0.6 is 0 Å². The van der Waals surface area contributed by atoms with Gasteiger partial charge in [-0.15, -0.1) is 0 Å². The van der Waals surface area contributed by atoms with E-state index < -0.39 is 0 Å². The summed E-state index contributed by atoms with van der Waals surface area (Å²) in [7, 11) is 1.57. The summed E-state index contributed by atoms with van der Waals surface area (Å²) in [6.45, 7) is 4.19. The second-order valence-corrected chi connectivity index (χ2v) is 3.58. The lowest BCUT2D eigenvalue weighted by atomic mass is 9.99. The van der Waals surface area contributed by atoms with Crippen molar-refractivity contribution < 1.29 is 9.13 Å². The topological polar surface area (TPSA) is 35.2 Å². The van der Waals surface area contributed by atoms with E-state index in [1.807, 2.05) is 19.1 Å². The number of hydrogen-bond donors (Lipinski definition) is 1. The minimum absolute atomic E-state index is 0.245. The van der Waals surface area contributed by atoms with Crippen LogP contribution in [0.15, 0.2) is 12.1 Å². The maximum atomic E-state index is 13.6. The van der Waals surface area contributed by atoms with Gasteiger partial charge in [-0.1, -0.05) is 19.1 Å². The van der Waals surface area contributed by atoms with Crippen LogP contribution in [-0.4, -0.2) is 13.7 Å². The molecule has 0 aliphatic heterocycles. The Morgan fingerprint density at radius 3 is 2.69 bits per heavy atom. The average molecular weight is 223 g/mol. The Morgan fingerprint density at radius 1 is 1.50 bits per heavy atom. The largest absolute Gasteiger partial charge is 0.496 e. The van der Waals surface area contributed by atoms with E-state index in [2.05, 4.69) is 0 Å². The summed E-state index contributed by atoms with van der Waals surface area (Å²) in [6, 6.07) is 1.53. The quantitative estimate of drug-likeness (QED) is 0.851. The molecule has 0 aromatic heterocycles. The molecule has 0 amide bonds. The summed E-state index contributed by atoms with van der Waals surface area (Å²) in [6.07, 6.45) is 4.45. The van der Waals surface area contributed by atoms with Crippen molar-refractivity contribution in [2.45, 2.75) is 20.3 Å². The molecule has 2 nitrogen and oxygen atoms in total.